The van der Waals surface area contributed by atoms with E-state index in [2.05, 4.69) is 26.1 Å². The lowest BCUT2D eigenvalue weighted by molar-refractivity contribution is -0.119. The normalized spacial score (nSPS) is 14.3. The summed E-state index contributed by atoms with van der Waals surface area (Å²) in [5.41, 5.74) is 5.35. The Labute approximate surface area is 74.7 Å². The Balaban J connectivity index is 3.75. The predicted molar refractivity (Wildman–Crippen MR) is 50.7 cm³/mol. The zero-order valence-corrected chi connectivity index (χ0v) is 8.48. The SMILES string of the molecule is CCC(C)(C)CNC(C)C(N)=O. The third-order valence-electron chi connectivity index (χ3n) is 2.27. The summed E-state index contributed by atoms with van der Waals surface area (Å²) in [5, 5.41) is 3.10. The number of nitrogens with two attached hydrogens (primary N) is 1. The van der Waals surface area contributed by atoms with Crippen molar-refractivity contribution in [1.29, 1.82) is 0 Å². The lowest BCUT2D eigenvalue weighted by Crippen LogP contribution is -2.42. The molecule has 0 aromatic rings. The number of hydrogen-bond acceptors (Lipinski definition) is 2. The molecule has 0 heterocycles. The van der Waals surface area contributed by atoms with Gasteiger partial charge in [0, 0.05) is 6.54 Å². The van der Waals surface area contributed by atoms with Crippen LogP contribution < -0.4 is 11.1 Å². The van der Waals surface area contributed by atoms with Crippen molar-refractivity contribution in [3.63, 3.8) is 0 Å². The maximum absolute atomic E-state index is 10.7. The molecule has 3 nitrogen and oxygen atoms in total. The Morgan fingerprint density at radius 1 is 1.58 bits per heavy atom. The second-order valence-electron chi connectivity index (χ2n) is 4.02. The molecule has 0 saturated carbocycles. The minimum atomic E-state index is -0.290. The smallest absolute Gasteiger partial charge is 0.234 e. The maximum atomic E-state index is 10.7. The topological polar surface area (TPSA) is 55.1 Å². The third-order valence-corrected chi connectivity index (χ3v) is 2.27. The van der Waals surface area contributed by atoms with Gasteiger partial charge in [-0.1, -0.05) is 20.8 Å². The lowest BCUT2D eigenvalue weighted by atomic mass is 9.90. The van der Waals surface area contributed by atoms with Gasteiger partial charge in [0.2, 0.25) is 5.91 Å². The number of rotatable bonds is 5. The van der Waals surface area contributed by atoms with E-state index < -0.39 is 0 Å². The van der Waals surface area contributed by atoms with Crippen LogP contribution in [0.4, 0.5) is 0 Å². The van der Waals surface area contributed by atoms with Crippen LogP contribution in [0.2, 0.25) is 0 Å². The lowest BCUT2D eigenvalue weighted by Gasteiger charge is -2.24. The van der Waals surface area contributed by atoms with Gasteiger partial charge < -0.3 is 11.1 Å². The van der Waals surface area contributed by atoms with Gasteiger partial charge in [-0.2, -0.15) is 0 Å². The molecule has 1 unspecified atom stereocenters. The van der Waals surface area contributed by atoms with Crippen LogP contribution in [0.3, 0.4) is 0 Å². The molecule has 3 heteroatoms. The van der Waals surface area contributed by atoms with E-state index in [0.29, 0.717) is 0 Å². The van der Waals surface area contributed by atoms with Gasteiger partial charge in [-0.05, 0) is 18.8 Å². The van der Waals surface area contributed by atoms with Crippen LogP contribution in [0.25, 0.3) is 0 Å². The summed E-state index contributed by atoms with van der Waals surface area (Å²) in [6, 6.07) is -0.226. The number of nitrogens with one attached hydrogen (secondary N) is 1. The Kier molecular flexibility index (Phi) is 4.24. The van der Waals surface area contributed by atoms with Gasteiger partial charge in [-0.3, -0.25) is 4.79 Å². The molecule has 0 rings (SSSR count). The highest BCUT2D eigenvalue weighted by Gasteiger charge is 2.17. The summed E-state index contributed by atoms with van der Waals surface area (Å²) in [6.07, 6.45) is 1.09. The van der Waals surface area contributed by atoms with Gasteiger partial charge in [0.25, 0.3) is 0 Å². The van der Waals surface area contributed by atoms with Crippen molar-refractivity contribution in [3.8, 4) is 0 Å². The van der Waals surface area contributed by atoms with Crippen molar-refractivity contribution >= 4 is 5.91 Å². The number of carbonyl (C=O) groups excluding carboxylic acids is 1. The monoisotopic (exact) mass is 172 g/mol. The van der Waals surface area contributed by atoms with E-state index in [4.69, 9.17) is 5.73 Å². The van der Waals surface area contributed by atoms with Crippen LogP contribution in [0, 0.1) is 5.41 Å². The fourth-order valence-corrected chi connectivity index (χ4v) is 0.655. The summed E-state index contributed by atoms with van der Waals surface area (Å²) < 4.78 is 0. The number of primary amides is 1. The predicted octanol–water partition coefficient (Wildman–Crippen LogP) is 0.886. The first-order chi connectivity index (χ1) is 5.39. The van der Waals surface area contributed by atoms with E-state index >= 15 is 0 Å². The van der Waals surface area contributed by atoms with E-state index in [1.54, 1.807) is 6.92 Å². The minimum Gasteiger partial charge on any atom is -0.368 e. The molecule has 0 aromatic heterocycles. The molecule has 0 radical (unpaired) electrons. The molecule has 0 aliphatic carbocycles. The zero-order valence-electron chi connectivity index (χ0n) is 8.48. The van der Waals surface area contributed by atoms with Crippen molar-refractivity contribution in [1.82, 2.24) is 5.32 Å². The summed E-state index contributed by atoms with van der Waals surface area (Å²) in [6.45, 7) is 9.07. The van der Waals surface area contributed by atoms with Crippen LogP contribution in [0.15, 0.2) is 0 Å². The summed E-state index contributed by atoms with van der Waals surface area (Å²) in [7, 11) is 0. The molecule has 1 amide bonds. The molecule has 3 N–H and O–H groups in total. The largest absolute Gasteiger partial charge is 0.368 e. The summed E-state index contributed by atoms with van der Waals surface area (Å²) in [4.78, 5) is 10.7. The fourth-order valence-electron chi connectivity index (χ4n) is 0.655. The van der Waals surface area contributed by atoms with Gasteiger partial charge >= 0.3 is 0 Å². The van der Waals surface area contributed by atoms with Gasteiger partial charge in [0.15, 0.2) is 0 Å². The minimum absolute atomic E-state index is 0.226. The number of carbonyl (C=O) groups is 1. The second kappa shape index (κ2) is 4.45. The Morgan fingerprint density at radius 2 is 2.08 bits per heavy atom. The molecule has 1 atom stereocenters. The van der Waals surface area contributed by atoms with Crippen LogP contribution in [-0.2, 0) is 4.79 Å². The molecular weight excluding hydrogens is 152 g/mol. The van der Waals surface area contributed by atoms with Gasteiger partial charge in [-0.25, -0.2) is 0 Å². The van der Waals surface area contributed by atoms with Crippen molar-refractivity contribution in [2.45, 2.75) is 40.2 Å². The van der Waals surface area contributed by atoms with Gasteiger partial charge in [0.05, 0.1) is 6.04 Å². The fraction of sp³-hybridized carbons (Fsp3) is 0.889. The molecule has 0 bridgehead atoms. The first-order valence-electron chi connectivity index (χ1n) is 4.42. The average molecular weight is 172 g/mol. The van der Waals surface area contributed by atoms with E-state index in [0.717, 1.165) is 13.0 Å². The quantitative estimate of drug-likeness (QED) is 0.647. The van der Waals surface area contributed by atoms with E-state index in [1.807, 2.05) is 0 Å². The summed E-state index contributed by atoms with van der Waals surface area (Å²) in [5.74, 6) is -0.290. The molecule has 0 aliphatic heterocycles. The van der Waals surface area contributed by atoms with Crippen molar-refractivity contribution in [2.75, 3.05) is 6.54 Å². The average Bonchev–Trinajstić information content (AvgIpc) is 2.00. The van der Waals surface area contributed by atoms with Crippen molar-refractivity contribution in [2.24, 2.45) is 11.1 Å². The highest BCUT2D eigenvalue weighted by atomic mass is 16.1. The van der Waals surface area contributed by atoms with Crippen LogP contribution in [0.5, 0.6) is 0 Å². The van der Waals surface area contributed by atoms with Crippen molar-refractivity contribution in [3.05, 3.63) is 0 Å². The molecule has 0 saturated heterocycles. The molecule has 12 heavy (non-hydrogen) atoms. The molecule has 0 spiro atoms. The Hall–Kier alpha value is -0.570. The van der Waals surface area contributed by atoms with Gasteiger partial charge in [-0.15, -0.1) is 0 Å². The highest BCUT2D eigenvalue weighted by Crippen LogP contribution is 2.17. The van der Waals surface area contributed by atoms with Gasteiger partial charge in [0.1, 0.15) is 0 Å². The standard InChI is InChI=1S/C9H20N2O/c1-5-9(3,4)6-11-7(2)8(10)12/h7,11H,5-6H2,1-4H3,(H2,10,12). The molecule has 0 fully saturated rings. The molecule has 72 valence electrons. The molecular formula is C9H20N2O. The second-order valence-corrected chi connectivity index (χ2v) is 4.02. The third kappa shape index (κ3) is 4.34. The highest BCUT2D eigenvalue weighted by molar-refractivity contribution is 5.79. The van der Waals surface area contributed by atoms with Crippen molar-refractivity contribution < 1.29 is 4.79 Å². The van der Waals surface area contributed by atoms with E-state index in [-0.39, 0.29) is 17.4 Å². The van der Waals surface area contributed by atoms with E-state index in [1.165, 1.54) is 0 Å². The Morgan fingerprint density at radius 3 is 2.42 bits per heavy atom. The molecule has 0 aliphatic rings. The van der Waals surface area contributed by atoms with Crippen LogP contribution in [-0.4, -0.2) is 18.5 Å². The Bertz CT molecular complexity index is 155. The number of amides is 1. The first kappa shape index (κ1) is 11.4. The zero-order chi connectivity index (χ0) is 9.78. The van der Waals surface area contributed by atoms with E-state index in [9.17, 15) is 4.79 Å². The maximum Gasteiger partial charge on any atom is 0.234 e. The molecule has 0 aromatic carbocycles. The van der Waals surface area contributed by atoms with Crippen LogP contribution in [0.1, 0.15) is 34.1 Å². The summed E-state index contributed by atoms with van der Waals surface area (Å²) >= 11 is 0. The first-order valence-corrected chi connectivity index (χ1v) is 4.42. The number of hydrogen-bond donors (Lipinski definition) is 2. The van der Waals surface area contributed by atoms with Crippen LogP contribution >= 0.6 is 0 Å².